The first-order valence-corrected chi connectivity index (χ1v) is 9.83. The quantitative estimate of drug-likeness (QED) is 0.637. The van der Waals surface area contributed by atoms with Crippen LogP contribution in [0.4, 0.5) is 13.2 Å². The molecule has 1 N–H and O–H groups in total. The Balaban J connectivity index is 2.15. The highest BCUT2D eigenvalue weighted by Crippen LogP contribution is 2.30. The topological polar surface area (TPSA) is 84.3 Å². The normalized spacial score (nSPS) is 11.2. The summed E-state index contributed by atoms with van der Waals surface area (Å²) in [5, 5.41) is 2.60. The van der Waals surface area contributed by atoms with Gasteiger partial charge in [-0.3, -0.25) is 23.9 Å². The smallest absolute Gasteiger partial charge is 0.348 e. The summed E-state index contributed by atoms with van der Waals surface area (Å²) in [6.45, 7) is 1.53. The van der Waals surface area contributed by atoms with Crippen molar-refractivity contribution in [1.82, 2.24) is 19.8 Å². The number of rotatable bonds is 5. The molecule has 0 atom stereocenters. The predicted molar refractivity (Wildman–Crippen MR) is 115 cm³/mol. The van der Waals surface area contributed by atoms with Gasteiger partial charge >= 0.3 is 6.18 Å². The number of aromatic nitrogens is 2. The SMILES string of the molecule is Cc1c(C(=O)N(C)C)cc(C(=O)NCc2ccncc2)c(=O)n1-c1cccc(C(F)(F)F)c1. The second-order valence-corrected chi connectivity index (χ2v) is 7.48. The van der Waals surface area contributed by atoms with Crippen LogP contribution in [0.5, 0.6) is 0 Å². The third-order valence-corrected chi connectivity index (χ3v) is 4.96. The van der Waals surface area contributed by atoms with Gasteiger partial charge in [0.2, 0.25) is 0 Å². The zero-order chi connectivity index (χ0) is 24.3. The van der Waals surface area contributed by atoms with Gasteiger partial charge in [0.1, 0.15) is 5.56 Å². The Bertz CT molecular complexity index is 1250. The van der Waals surface area contributed by atoms with E-state index in [1.807, 2.05) is 0 Å². The summed E-state index contributed by atoms with van der Waals surface area (Å²) < 4.78 is 40.7. The van der Waals surface area contributed by atoms with Gasteiger partial charge in [-0.2, -0.15) is 13.2 Å². The van der Waals surface area contributed by atoms with Gasteiger partial charge in [-0.15, -0.1) is 0 Å². The molecule has 7 nitrogen and oxygen atoms in total. The standard InChI is InChI=1S/C23H21F3N4O3/c1-14-18(21(32)29(2)3)12-19(20(31)28-13-15-7-9-27-10-8-15)22(33)30(14)17-6-4-5-16(11-17)23(24,25)26/h4-12H,13H2,1-3H3,(H,28,31). The highest BCUT2D eigenvalue weighted by molar-refractivity contribution is 6.00. The molecule has 1 aromatic carbocycles. The maximum absolute atomic E-state index is 13.3. The Labute approximate surface area is 187 Å². The van der Waals surface area contributed by atoms with Gasteiger partial charge in [0, 0.05) is 44.4 Å². The average molecular weight is 458 g/mol. The van der Waals surface area contributed by atoms with Crippen molar-refractivity contribution in [2.75, 3.05) is 14.1 Å². The first-order valence-electron chi connectivity index (χ1n) is 9.83. The first-order chi connectivity index (χ1) is 15.5. The largest absolute Gasteiger partial charge is 0.416 e. The van der Waals surface area contributed by atoms with Crippen LogP contribution in [0.2, 0.25) is 0 Å². The van der Waals surface area contributed by atoms with Gasteiger partial charge in [0.25, 0.3) is 17.4 Å². The molecular weight excluding hydrogens is 437 g/mol. The Hall–Kier alpha value is -3.95. The number of carbonyl (C=O) groups excluding carboxylic acids is 2. The Morgan fingerprint density at radius 3 is 2.33 bits per heavy atom. The van der Waals surface area contributed by atoms with E-state index < -0.39 is 29.1 Å². The van der Waals surface area contributed by atoms with Crippen molar-refractivity contribution in [2.45, 2.75) is 19.6 Å². The number of nitrogens with zero attached hydrogens (tertiary/aromatic N) is 3. The lowest BCUT2D eigenvalue weighted by Gasteiger charge is -2.19. The average Bonchev–Trinajstić information content (AvgIpc) is 2.77. The van der Waals surface area contributed by atoms with E-state index in [1.165, 1.54) is 38.1 Å². The highest BCUT2D eigenvalue weighted by atomic mass is 19.4. The summed E-state index contributed by atoms with van der Waals surface area (Å²) >= 11 is 0. The van der Waals surface area contributed by atoms with Crippen LogP contribution < -0.4 is 10.9 Å². The number of carbonyl (C=O) groups is 2. The van der Waals surface area contributed by atoms with Crippen LogP contribution in [0, 0.1) is 6.92 Å². The van der Waals surface area contributed by atoms with Crippen molar-refractivity contribution >= 4 is 11.8 Å². The second kappa shape index (κ2) is 9.27. The molecule has 0 saturated carbocycles. The molecule has 0 bridgehead atoms. The fourth-order valence-electron chi connectivity index (χ4n) is 3.23. The van der Waals surface area contributed by atoms with E-state index >= 15 is 0 Å². The summed E-state index contributed by atoms with van der Waals surface area (Å²) in [5.74, 6) is -1.26. The van der Waals surface area contributed by atoms with Crippen molar-refractivity contribution in [3.05, 3.63) is 93.2 Å². The number of hydrogen-bond acceptors (Lipinski definition) is 4. The van der Waals surface area contributed by atoms with E-state index in [-0.39, 0.29) is 29.1 Å². The van der Waals surface area contributed by atoms with Crippen molar-refractivity contribution in [3.8, 4) is 5.69 Å². The predicted octanol–water partition coefficient (Wildman–Crippen LogP) is 3.19. The van der Waals surface area contributed by atoms with E-state index in [2.05, 4.69) is 10.3 Å². The Morgan fingerprint density at radius 1 is 1.06 bits per heavy atom. The van der Waals surface area contributed by atoms with Crippen molar-refractivity contribution in [2.24, 2.45) is 0 Å². The molecule has 3 aromatic rings. The number of alkyl halides is 3. The lowest BCUT2D eigenvalue weighted by atomic mass is 10.1. The summed E-state index contributed by atoms with van der Waals surface area (Å²) in [6, 6.07) is 8.68. The fourth-order valence-corrected chi connectivity index (χ4v) is 3.23. The number of nitrogens with one attached hydrogen (secondary N) is 1. The number of hydrogen-bond donors (Lipinski definition) is 1. The van der Waals surface area contributed by atoms with E-state index in [0.29, 0.717) is 0 Å². The lowest BCUT2D eigenvalue weighted by molar-refractivity contribution is -0.137. The molecule has 172 valence electrons. The van der Waals surface area contributed by atoms with Gasteiger partial charge in [-0.05, 0) is 48.9 Å². The molecule has 33 heavy (non-hydrogen) atoms. The minimum atomic E-state index is -4.63. The fraction of sp³-hybridized carbons (Fsp3) is 0.217. The minimum absolute atomic E-state index is 0.0195. The summed E-state index contributed by atoms with van der Waals surface area (Å²) in [5.41, 5.74) is -1.40. The Kier molecular flexibility index (Phi) is 6.66. The third-order valence-electron chi connectivity index (χ3n) is 4.96. The zero-order valence-electron chi connectivity index (χ0n) is 18.1. The molecule has 2 heterocycles. The molecule has 0 aliphatic carbocycles. The van der Waals surface area contributed by atoms with Crippen LogP contribution in [-0.2, 0) is 12.7 Å². The van der Waals surface area contributed by atoms with Crippen LogP contribution in [0.1, 0.15) is 37.5 Å². The van der Waals surface area contributed by atoms with Crippen LogP contribution in [-0.4, -0.2) is 40.4 Å². The molecule has 2 amide bonds. The molecule has 0 aliphatic rings. The number of halogens is 3. The van der Waals surface area contributed by atoms with Gasteiger partial charge in [-0.25, -0.2) is 0 Å². The van der Waals surface area contributed by atoms with Crippen LogP contribution >= 0.6 is 0 Å². The van der Waals surface area contributed by atoms with Crippen molar-refractivity contribution in [1.29, 1.82) is 0 Å². The van der Waals surface area contributed by atoms with Crippen molar-refractivity contribution < 1.29 is 22.8 Å². The summed E-state index contributed by atoms with van der Waals surface area (Å²) in [6.07, 6.45) is -1.54. The van der Waals surface area contributed by atoms with Gasteiger partial charge in [0.05, 0.1) is 11.1 Å². The molecule has 0 aliphatic heterocycles. The monoisotopic (exact) mass is 458 g/mol. The van der Waals surface area contributed by atoms with E-state index in [9.17, 15) is 27.6 Å². The summed E-state index contributed by atoms with van der Waals surface area (Å²) in [7, 11) is 2.98. The number of amides is 2. The molecule has 0 fully saturated rings. The van der Waals surface area contributed by atoms with E-state index in [0.717, 1.165) is 28.3 Å². The van der Waals surface area contributed by atoms with Gasteiger partial charge in [0.15, 0.2) is 0 Å². The molecule has 0 spiro atoms. The minimum Gasteiger partial charge on any atom is -0.348 e. The van der Waals surface area contributed by atoms with E-state index in [1.54, 1.807) is 24.5 Å². The lowest BCUT2D eigenvalue weighted by Crippen LogP contribution is -2.35. The third kappa shape index (κ3) is 5.11. The number of benzene rings is 1. The zero-order valence-corrected chi connectivity index (χ0v) is 18.1. The van der Waals surface area contributed by atoms with Gasteiger partial charge in [-0.1, -0.05) is 6.07 Å². The second-order valence-electron chi connectivity index (χ2n) is 7.48. The Morgan fingerprint density at radius 2 is 1.73 bits per heavy atom. The maximum Gasteiger partial charge on any atom is 0.416 e. The number of pyridine rings is 2. The van der Waals surface area contributed by atoms with E-state index in [4.69, 9.17) is 0 Å². The van der Waals surface area contributed by atoms with Crippen LogP contribution in [0.15, 0.2) is 59.7 Å². The molecule has 0 saturated heterocycles. The molecule has 3 rings (SSSR count). The van der Waals surface area contributed by atoms with Crippen molar-refractivity contribution in [3.63, 3.8) is 0 Å². The van der Waals surface area contributed by atoms with Gasteiger partial charge < -0.3 is 10.2 Å². The maximum atomic E-state index is 13.3. The molecule has 2 aromatic heterocycles. The first kappa shape index (κ1) is 23.7. The summed E-state index contributed by atoms with van der Waals surface area (Å²) in [4.78, 5) is 44.0. The van der Waals surface area contributed by atoms with Crippen LogP contribution in [0.3, 0.4) is 0 Å². The molecule has 0 radical (unpaired) electrons. The molecular formula is C23H21F3N4O3. The highest BCUT2D eigenvalue weighted by Gasteiger charge is 2.31. The molecule has 10 heteroatoms. The molecule has 0 unspecified atom stereocenters. The van der Waals surface area contributed by atoms with Crippen LogP contribution in [0.25, 0.3) is 5.69 Å².